The van der Waals surface area contributed by atoms with Crippen molar-refractivity contribution in [2.24, 2.45) is 0 Å². The molecule has 8 N–H and O–H groups in total. The van der Waals surface area contributed by atoms with E-state index >= 15 is 0 Å². The third kappa shape index (κ3) is 3.79. The maximum Gasteiger partial charge on any atom is 0.278 e. The SMILES string of the molecule is Nc1nc2c(c(=O)[nH]1)N1CN(c3ccc(C[C@H](O)[C@H](O)[C@H](O)CO)cc3)CC1CN2. The number of fused-ring (bicyclic) bond motifs is 3. The van der Waals surface area contributed by atoms with Crippen molar-refractivity contribution in [2.75, 3.05) is 47.2 Å². The predicted molar refractivity (Wildman–Crippen MR) is 111 cm³/mol. The summed E-state index contributed by atoms with van der Waals surface area (Å²) in [6, 6.07) is 7.62. The highest BCUT2D eigenvalue weighted by atomic mass is 16.4. The summed E-state index contributed by atoms with van der Waals surface area (Å²) in [5, 5.41) is 41.4. The van der Waals surface area contributed by atoms with Crippen molar-refractivity contribution in [2.45, 2.75) is 30.8 Å². The van der Waals surface area contributed by atoms with E-state index in [4.69, 9.17) is 10.8 Å². The van der Waals surface area contributed by atoms with Gasteiger partial charge in [0.25, 0.3) is 5.56 Å². The molecular formula is C19H26N6O5. The van der Waals surface area contributed by atoms with Crippen LogP contribution >= 0.6 is 0 Å². The number of nitrogens with zero attached hydrogens (tertiary/aromatic N) is 3. The highest BCUT2D eigenvalue weighted by molar-refractivity contribution is 5.71. The van der Waals surface area contributed by atoms with E-state index in [0.29, 0.717) is 24.7 Å². The lowest BCUT2D eigenvalue weighted by molar-refractivity contribution is -0.0755. The zero-order valence-corrected chi connectivity index (χ0v) is 16.3. The van der Waals surface area contributed by atoms with E-state index in [1.165, 1.54) is 0 Å². The number of nitrogen functional groups attached to an aromatic ring is 1. The minimum atomic E-state index is -1.42. The largest absolute Gasteiger partial charge is 0.394 e. The summed E-state index contributed by atoms with van der Waals surface area (Å²) in [6.07, 6.45) is -3.84. The number of nitrogens with two attached hydrogens (primary N) is 1. The van der Waals surface area contributed by atoms with Crippen LogP contribution in [0.25, 0.3) is 0 Å². The molecule has 162 valence electrons. The molecule has 11 nitrogen and oxygen atoms in total. The Morgan fingerprint density at radius 1 is 1.20 bits per heavy atom. The number of aliphatic hydroxyl groups excluding tert-OH is 4. The molecular weight excluding hydrogens is 392 g/mol. The Morgan fingerprint density at radius 3 is 2.63 bits per heavy atom. The molecule has 1 aromatic carbocycles. The summed E-state index contributed by atoms with van der Waals surface area (Å²) < 4.78 is 0. The monoisotopic (exact) mass is 418 g/mol. The number of anilines is 4. The van der Waals surface area contributed by atoms with Gasteiger partial charge in [0, 0.05) is 25.2 Å². The van der Waals surface area contributed by atoms with Gasteiger partial charge in [-0.05, 0) is 17.7 Å². The van der Waals surface area contributed by atoms with Crippen molar-refractivity contribution in [3.05, 3.63) is 40.2 Å². The van der Waals surface area contributed by atoms with Crippen molar-refractivity contribution in [1.82, 2.24) is 9.97 Å². The van der Waals surface area contributed by atoms with E-state index in [1.54, 1.807) is 0 Å². The lowest BCUT2D eigenvalue weighted by Gasteiger charge is -2.31. The zero-order chi connectivity index (χ0) is 21.4. The third-order valence-electron chi connectivity index (χ3n) is 5.62. The van der Waals surface area contributed by atoms with Crippen LogP contribution in [0.3, 0.4) is 0 Å². The molecule has 1 fully saturated rings. The average Bonchev–Trinajstić information content (AvgIpc) is 3.16. The first-order valence-corrected chi connectivity index (χ1v) is 9.76. The van der Waals surface area contributed by atoms with E-state index in [0.717, 1.165) is 17.8 Å². The number of benzene rings is 1. The lowest BCUT2D eigenvalue weighted by Crippen LogP contribution is -2.44. The Morgan fingerprint density at radius 2 is 1.93 bits per heavy atom. The van der Waals surface area contributed by atoms with E-state index in [9.17, 15) is 20.1 Å². The molecule has 0 spiro atoms. The number of rotatable bonds is 6. The number of hydrogen-bond donors (Lipinski definition) is 7. The minimum Gasteiger partial charge on any atom is -0.394 e. The van der Waals surface area contributed by atoms with Gasteiger partial charge in [-0.1, -0.05) is 12.1 Å². The fourth-order valence-electron chi connectivity index (χ4n) is 3.98. The van der Waals surface area contributed by atoms with Crippen LogP contribution in [0.15, 0.2) is 29.1 Å². The lowest BCUT2D eigenvalue weighted by atomic mass is 10.0. The number of aromatic nitrogens is 2. The van der Waals surface area contributed by atoms with Crippen LogP contribution in [0, 0.1) is 0 Å². The molecule has 1 aromatic heterocycles. The number of aliphatic hydroxyl groups is 4. The van der Waals surface area contributed by atoms with Crippen LogP contribution in [0.5, 0.6) is 0 Å². The molecule has 30 heavy (non-hydrogen) atoms. The van der Waals surface area contributed by atoms with Gasteiger partial charge in [0.2, 0.25) is 5.95 Å². The summed E-state index contributed by atoms with van der Waals surface area (Å²) in [4.78, 5) is 23.3. The van der Waals surface area contributed by atoms with Crippen LogP contribution in [0.1, 0.15) is 5.56 Å². The number of aromatic amines is 1. The molecule has 4 rings (SSSR count). The Kier molecular flexibility index (Phi) is 5.52. The van der Waals surface area contributed by atoms with Crippen LogP contribution in [0.4, 0.5) is 23.1 Å². The minimum absolute atomic E-state index is 0.0788. The topological polar surface area (TPSA) is 171 Å². The highest BCUT2D eigenvalue weighted by Crippen LogP contribution is 2.32. The molecule has 11 heteroatoms. The van der Waals surface area contributed by atoms with Crippen LogP contribution in [-0.2, 0) is 6.42 Å². The van der Waals surface area contributed by atoms with Crippen molar-refractivity contribution in [1.29, 1.82) is 0 Å². The van der Waals surface area contributed by atoms with Gasteiger partial charge in [-0.2, -0.15) is 4.98 Å². The molecule has 0 aliphatic carbocycles. The second-order valence-corrected chi connectivity index (χ2v) is 7.70. The van der Waals surface area contributed by atoms with Crippen LogP contribution < -0.4 is 26.4 Å². The summed E-state index contributed by atoms with van der Waals surface area (Å²) in [7, 11) is 0. The number of H-pyrrole nitrogens is 1. The summed E-state index contributed by atoms with van der Waals surface area (Å²) in [5.74, 6) is 0.567. The molecule has 4 atom stereocenters. The van der Waals surface area contributed by atoms with Gasteiger partial charge in [-0.15, -0.1) is 0 Å². The fourth-order valence-corrected chi connectivity index (χ4v) is 3.98. The predicted octanol–water partition coefficient (Wildman–Crippen LogP) is -1.95. The third-order valence-corrected chi connectivity index (χ3v) is 5.62. The van der Waals surface area contributed by atoms with Crippen molar-refractivity contribution < 1.29 is 20.4 Å². The molecule has 0 amide bonds. The molecule has 2 aromatic rings. The first-order valence-electron chi connectivity index (χ1n) is 9.76. The molecule has 1 saturated heterocycles. The summed E-state index contributed by atoms with van der Waals surface area (Å²) in [6.45, 7) is 1.28. The molecule has 3 heterocycles. The smallest absolute Gasteiger partial charge is 0.278 e. The molecule has 2 aliphatic heterocycles. The number of hydrogen-bond acceptors (Lipinski definition) is 10. The van der Waals surface area contributed by atoms with Gasteiger partial charge in [0.05, 0.1) is 25.4 Å². The van der Waals surface area contributed by atoms with Gasteiger partial charge in [0.15, 0.2) is 5.82 Å². The van der Waals surface area contributed by atoms with Crippen LogP contribution in [0.2, 0.25) is 0 Å². The van der Waals surface area contributed by atoms with Crippen molar-refractivity contribution >= 4 is 23.1 Å². The van der Waals surface area contributed by atoms with E-state index < -0.39 is 24.9 Å². The van der Waals surface area contributed by atoms with E-state index in [2.05, 4.69) is 20.2 Å². The first kappa shape index (κ1) is 20.4. The van der Waals surface area contributed by atoms with Crippen molar-refractivity contribution in [3.8, 4) is 0 Å². The molecule has 0 radical (unpaired) electrons. The van der Waals surface area contributed by atoms with E-state index in [1.807, 2.05) is 29.2 Å². The molecule has 0 saturated carbocycles. The Bertz CT molecular complexity index is 951. The fraction of sp³-hybridized carbons (Fsp3) is 0.474. The first-order chi connectivity index (χ1) is 14.4. The summed E-state index contributed by atoms with van der Waals surface area (Å²) >= 11 is 0. The van der Waals surface area contributed by atoms with Gasteiger partial charge in [-0.3, -0.25) is 9.78 Å². The second-order valence-electron chi connectivity index (χ2n) is 7.70. The standard InChI is InChI=1S/C19H26N6O5/c20-19-22-17-15(18(30)23-19)25-9-24(7-12(25)6-21-17)11-3-1-10(2-4-11)5-13(27)16(29)14(28)8-26/h1-4,12-14,16,26-29H,5-9H2,(H4,20,21,22,23,30)/t12?,13-,14+,16-/m0/s1. The Labute approximate surface area is 172 Å². The van der Waals surface area contributed by atoms with Gasteiger partial charge >= 0.3 is 0 Å². The average molecular weight is 418 g/mol. The zero-order valence-electron chi connectivity index (χ0n) is 16.3. The second kappa shape index (κ2) is 8.11. The summed E-state index contributed by atoms with van der Waals surface area (Å²) in [5.41, 5.74) is 7.59. The van der Waals surface area contributed by atoms with Gasteiger partial charge < -0.3 is 41.3 Å². The van der Waals surface area contributed by atoms with Gasteiger partial charge in [-0.25, -0.2) is 0 Å². The van der Waals surface area contributed by atoms with Crippen LogP contribution in [-0.4, -0.2) is 81.1 Å². The Balaban J connectivity index is 1.46. The Hall–Kier alpha value is -2.86. The maximum atomic E-state index is 12.4. The molecule has 1 unspecified atom stereocenters. The molecule has 0 bridgehead atoms. The van der Waals surface area contributed by atoms with Gasteiger partial charge in [0.1, 0.15) is 17.9 Å². The normalized spacial score (nSPS) is 20.9. The van der Waals surface area contributed by atoms with Crippen molar-refractivity contribution in [3.63, 3.8) is 0 Å². The van der Waals surface area contributed by atoms with E-state index in [-0.39, 0.29) is 24.0 Å². The molecule has 2 aliphatic rings. The quantitative estimate of drug-likeness (QED) is 0.280. The highest BCUT2D eigenvalue weighted by Gasteiger charge is 2.37. The maximum absolute atomic E-state index is 12.4. The number of nitrogens with one attached hydrogen (secondary N) is 2.